The lowest BCUT2D eigenvalue weighted by Gasteiger charge is -2.18. The standard InChI is InChI=1S/C16H23FN2O.ClH/c1-10(2)7-13(9-18)19-16(20)15-8-14(15)11-3-5-12(17)6-4-11;/h3-6,10,13-15H,7-9,18H2,1-2H3,(H,19,20);1H. The first-order valence-electron chi connectivity index (χ1n) is 7.27. The molecule has 1 aromatic carbocycles. The third-order valence-electron chi connectivity index (χ3n) is 3.81. The summed E-state index contributed by atoms with van der Waals surface area (Å²) in [7, 11) is 0. The summed E-state index contributed by atoms with van der Waals surface area (Å²) in [5, 5.41) is 3.03. The highest BCUT2D eigenvalue weighted by Crippen LogP contribution is 2.47. The van der Waals surface area contributed by atoms with Gasteiger partial charge in [0.15, 0.2) is 0 Å². The van der Waals surface area contributed by atoms with Crippen molar-refractivity contribution in [2.24, 2.45) is 17.6 Å². The van der Waals surface area contributed by atoms with Gasteiger partial charge in [-0.25, -0.2) is 4.39 Å². The van der Waals surface area contributed by atoms with Crippen LogP contribution in [-0.2, 0) is 4.79 Å². The second-order valence-corrected chi connectivity index (χ2v) is 6.07. The van der Waals surface area contributed by atoms with Crippen LogP contribution >= 0.6 is 12.4 Å². The van der Waals surface area contributed by atoms with Crippen LogP contribution in [0.25, 0.3) is 0 Å². The highest BCUT2D eigenvalue weighted by atomic mass is 35.5. The highest BCUT2D eigenvalue weighted by molar-refractivity contribution is 5.85. The fourth-order valence-corrected chi connectivity index (χ4v) is 2.65. The molecule has 3 N–H and O–H groups in total. The van der Waals surface area contributed by atoms with E-state index in [1.807, 2.05) is 0 Å². The number of benzene rings is 1. The van der Waals surface area contributed by atoms with Crippen molar-refractivity contribution in [1.29, 1.82) is 0 Å². The molecule has 1 aromatic rings. The summed E-state index contributed by atoms with van der Waals surface area (Å²) in [5.41, 5.74) is 6.74. The number of rotatable bonds is 6. The van der Waals surface area contributed by atoms with E-state index in [0.29, 0.717) is 12.5 Å². The van der Waals surface area contributed by atoms with Gasteiger partial charge < -0.3 is 11.1 Å². The Balaban J connectivity index is 0.00000220. The molecule has 0 aromatic heterocycles. The smallest absolute Gasteiger partial charge is 0.224 e. The summed E-state index contributed by atoms with van der Waals surface area (Å²) in [6, 6.07) is 6.48. The highest BCUT2D eigenvalue weighted by Gasteiger charge is 2.44. The number of halogens is 2. The molecular weight excluding hydrogens is 291 g/mol. The summed E-state index contributed by atoms with van der Waals surface area (Å²) < 4.78 is 12.9. The molecule has 3 atom stereocenters. The van der Waals surface area contributed by atoms with E-state index in [2.05, 4.69) is 19.2 Å². The van der Waals surface area contributed by atoms with Crippen molar-refractivity contribution in [2.45, 2.75) is 38.6 Å². The summed E-state index contributed by atoms with van der Waals surface area (Å²) in [6.07, 6.45) is 1.74. The summed E-state index contributed by atoms with van der Waals surface area (Å²) in [5.74, 6) is 0.594. The zero-order chi connectivity index (χ0) is 14.7. The zero-order valence-electron chi connectivity index (χ0n) is 12.5. The molecule has 5 heteroatoms. The van der Waals surface area contributed by atoms with Crippen LogP contribution in [0.2, 0.25) is 0 Å². The van der Waals surface area contributed by atoms with Gasteiger partial charge in [0.1, 0.15) is 5.82 Å². The van der Waals surface area contributed by atoms with E-state index < -0.39 is 0 Å². The average molecular weight is 315 g/mol. The lowest BCUT2D eigenvalue weighted by Crippen LogP contribution is -2.41. The van der Waals surface area contributed by atoms with Gasteiger partial charge in [0.05, 0.1) is 0 Å². The maximum Gasteiger partial charge on any atom is 0.224 e. The van der Waals surface area contributed by atoms with Crippen LogP contribution in [0.3, 0.4) is 0 Å². The summed E-state index contributed by atoms with van der Waals surface area (Å²) >= 11 is 0. The number of amides is 1. The second kappa shape index (κ2) is 7.76. The van der Waals surface area contributed by atoms with Gasteiger partial charge in [0, 0.05) is 18.5 Å². The first-order valence-corrected chi connectivity index (χ1v) is 7.27. The molecule has 0 aliphatic heterocycles. The van der Waals surface area contributed by atoms with Gasteiger partial charge in [0.2, 0.25) is 5.91 Å². The van der Waals surface area contributed by atoms with Crippen LogP contribution in [-0.4, -0.2) is 18.5 Å². The molecule has 3 unspecified atom stereocenters. The minimum absolute atomic E-state index is 0. The lowest BCUT2D eigenvalue weighted by atomic mass is 10.0. The molecule has 21 heavy (non-hydrogen) atoms. The molecule has 3 nitrogen and oxygen atoms in total. The van der Waals surface area contributed by atoms with Crippen molar-refractivity contribution in [1.82, 2.24) is 5.32 Å². The number of carbonyl (C=O) groups is 1. The fraction of sp³-hybridized carbons (Fsp3) is 0.562. The van der Waals surface area contributed by atoms with Crippen molar-refractivity contribution < 1.29 is 9.18 Å². The monoisotopic (exact) mass is 314 g/mol. The van der Waals surface area contributed by atoms with E-state index in [-0.39, 0.29) is 42.0 Å². The first-order chi connectivity index (χ1) is 9.51. The Morgan fingerprint density at radius 2 is 2.00 bits per heavy atom. The molecule has 2 rings (SSSR count). The van der Waals surface area contributed by atoms with Crippen LogP contribution < -0.4 is 11.1 Å². The predicted octanol–water partition coefficient (Wildman–Crippen LogP) is 2.84. The number of nitrogens with two attached hydrogens (primary N) is 1. The average Bonchev–Trinajstić information content (AvgIpc) is 3.18. The third kappa shape index (κ3) is 4.97. The molecule has 1 aliphatic rings. The van der Waals surface area contributed by atoms with Crippen molar-refractivity contribution in [3.63, 3.8) is 0 Å². The summed E-state index contributed by atoms with van der Waals surface area (Å²) in [6.45, 7) is 4.71. The minimum Gasteiger partial charge on any atom is -0.352 e. The van der Waals surface area contributed by atoms with Crippen LogP contribution in [0.5, 0.6) is 0 Å². The normalized spacial score (nSPS) is 21.6. The Labute approximate surface area is 131 Å². The van der Waals surface area contributed by atoms with Crippen LogP contribution in [0, 0.1) is 17.7 Å². The van der Waals surface area contributed by atoms with E-state index in [0.717, 1.165) is 18.4 Å². The van der Waals surface area contributed by atoms with E-state index in [4.69, 9.17) is 5.73 Å². The molecule has 0 saturated heterocycles. The fourth-order valence-electron chi connectivity index (χ4n) is 2.65. The maximum atomic E-state index is 12.9. The molecule has 1 aliphatic carbocycles. The largest absolute Gasteiger partial charge is 0.352 e. The topological polar surface area (TPSA) is 55.1 Å². The lowest BCUT2D eigenvalue weighted by molar-refractivity contribution is -0.123. The second-order valence-electron chi connectivity index (χ2n) is 6.07. The van der Waals surface area contributed by atoms with Crippen LogP contribution in [0.15, 0.2) is 24.3 Å². The SMILES string of the molecule is CC(C)CC(CN)NC(=O)C1CC1c1ccc(F)cc1.Cl. The van der Waals surface area contributed by atoms with Gasteiger partial charge in [0.25, 0.3) is 0 Å². The molecule has 0 heterocycles. The van der Waals surface area contributed by atoms with Crippen LogP contribution in [0.1, 0.15) is 38.2 Å². The van der Waals surface area contributed by atoms with Crippen molar-refractivity contribution >= 4 is 18.3 Å². The zero-order valence-corrected chi connectivity index (χ0v) is 13.3. The Morgan fingerprint density at radius 3 is 2.52 bits per heavy atom. The Kier molecular flexibility index (Phi) is 6.62. The minimum atomic E-state index is -0.240. The number of hydrogen-bond acceptors (Lipinski definition) is 2. The number of carbonyl (C=O) groups excluding carboxylic acids is 1. The molecule has 0 bridgehead atoms. The Morgan fingerprint density at radius 1 is 1.38 bits per heavy atom. The van der Waals surface area contributed by atoms with Gasteiger partial charge in [-0.15, -0.1) is 12.4 Å². The molecule has 118 valence electrons. The van der Waals surface area contributed by atoms with E-state index in [9.17, 15) is 9.18 Å². The Hall–Kier alpha value is -1.13. The third-order valence-corrected chi connectivity index (χ3v) is 3.81. The van der Waals surface area contributed by atoms with Crippen molar-refractivity contribution in [3.05, 3.63) is 35.6 Å². The number of hydrogen-bond donors (Lipinski definition) is 2. The molecular formula is C16H24ClFN2O. The van der Waals surface area contributed by atoms with Crippen LogP contribution in [0.4, 0.5) is 4.39 Å². The van der Waals surface area contributed by atoms with Crippen molar-refractivity contribution in [3.8, 4) is 0 Å². The number of nitrogens with one attached hydrogen (secondary N) is 1. The molecule has 1 amide bonds. The maximum absolute atomic E-state index is 12.9. The predicted molar refractivity (Wildman–Crippen MR) is 84.9 cm³/mol. The first kappa shape index (κ1) is 17.9. The van der Waals surface area contributed by atoms with Gasteiger partial charge in [-0.2, -0.15) is 0 Å². The quantitative estimate of drug-likeness (QED) is 0.848. The van der Waals surface area contributed by atoms with E-state index >= 15 is 0 Å². The van der Waals surface area contributed by atoms with Crippen molar-refractivity contribution in [2.75, 3.05) is 6.54 Å². The molecule has 1 saturated carbocycles. The van der Waals surface area contributed by atoms with Gasteiger partial charge in [-0.3, -0.25) is 4.79 Å². The summed E-state index contributed by atoms with van der Waals surface area (Å²) in [4.78, 5) is 12.2. The molecule has 1 fully saturated rings. The molecule has 0 radical (unpaired) electrons. The van der Waals surface area contributed by atoms with Gasteiger partial charge in [-0.1, -0.05) is 26.0 Å². The Bertz CT molecular complexity index is 464. The van der Waals surface area contributed by atoms with Gasteiger partial charge in [-0.05, 0) is 42.4 Å². The van der Waals surface area contributed by atoms with Gasteiger partial charge >= 0.3 is 0 Å². The van der Waals surface area contributed by atoms with E-state index in [1.54, 1.807) is 12.1 Å². The van der Waals surface area contributed by atoms with E-state index in [1.165, 1.54) is 12.1 Å². The molecule has 0 spiro atoms.